The van der Waals surface area contributed by atoms with Gasteiger partial charge in [-0.2, -0.15) is 15.9 Å². The predicted octanol–water partition coefficient (Wildman–Crippen LogP) is -0.721. The van der Waals surface area contributed by atoms with Crippen LogP contribution in [0, 0.1) is 0 Å². The highest BCUT2D eigenvalue weighted by atomic mass is 19.1. The molecule has 0 bridgehead atoms. The number of alkyl halides is 1. The Labute approximate surface area is 112 Å². The first-order chi connectivity index (χ1) is 9.63. The molecule has 0 aromatic carbocycles. The van der Waals surface area contributed by atoms with Gasteiger partial charge in [-0.3, -0.25) is 4.57 Å². The summed E-state index contributed by atoms with van der Waals surface area (Å²) in [4.78, 5) is 16.4. The molecule has 5 N–H and O–H groups in total. The summed E-state index contributed by atoms with van der Waals surface area (Å²) in [6.45, 7) is -0.252. The molecule has 0 saturated carbocycles. The van der Waals surface area contributed by atoms with Crippen LogP contribution < -0.4 is 16.5 Å². The van der Waals surface area contributed by atoms with Crippen LogP contribution in [0.5, 0.6) is 5.88 Å². The van der Waals surface area contributed by atoms with E-state index in [-0.39, 0.29) is 36.0 Å². The van der Waals surface area contributed by atoms with Crippen LogP contribution in [0.15, 0.2) is 6.33 Å². The first kappa shape index (κ1) is 13.0. The molecule has 0 radical (unpaired) electrons. The Hall–Kier alpha value is -2.04. The highest BCUT2D eigenvalue weighted by Crippen LogP contribution is 2.34. The summed E-state index contributed by atoms with van der Waals surface area (Å²) in [5.74, 6) is 5.01. The number of ether oxygens (including phenoxy) is 1. The van der Waals surface area contributed by atoms with Gasteiger partial charge in [0.25, 0.3) is 5.88 Å². The smallest absolute Gasteiger partial charge is 0.270 e. The molecule has 3 rings (SSSR count). The van der Waals surface area contributed by atoms with Crippen LogP contribution in [-0.2, 0) is 4.74 Å². The minimum absolute atomic E-state index is 0.00152. The van der Waals surface area contributed by atoms with E-state index in [1.54, 1.807) is 0 Å². The fraction of sp³-hybridized carbons (Fsp3) is 0.500. The number of aliphatic hydroxyl groups is 1. The second-order valence-corrected chi connectivity index (χ2v) is 4.41. The molecule has 3 atom stereocenters. The van der Waals surface area contributed by atoms with Crippen molar-refractivity contribution in [3.8, 4) is 5.88 Å². The van der Waals surface area contributed by atoms with Gasteiger partial charge in [-0.1, -0.05) is 0 Å². The number of aliphatic hydroxyl groups excluding tert-OH is 1. The molecule has 0 unspecified atom stereocenters. The molecular weight excluding hydrogens is 271 g/mol. The van der Waals surface area contributed by atoms with Gasteiger partial charge in [0.05, 0.1) is 19.0 Å². The Balaban J connectivity index is 2.07. The number of anilines is 1. The summed E-state index contributed by atoms with van der Waals surface area (Å²) in [5.41, 5.74) is 6.05. The standard InChI is InChI=1S/C10H13FN6O3/c11-5-1-4(2-18)19-9(5)17-3-14-6-7(17)15-10(12)16-8(6)20-13/h3-5,9,18H,1-2,13H2,(H2,12,15,16)/t4-,5-,9+/m0/s1. The van der Waals surface area contributed by atoms with Crippen LogP contribution >= 0.6 is 0 Å². The van der Waals surface area contributed by atoms with E-state index >= 15 is 0 Å². The summed E-state index contributed by atoms with van der Waals surface area (Å²) in [7, 11) is 0. The monoisotopic (exact) mass is 284 g/mol. The molecule has 1 fully saturated rings. The number of hydrogen-bond donors (Lipinski definition) is 3. The van der Waals surface area contributed by atoms with Gasteiger partial charge in [0.1, 0.15) is 6.17 Å². The number of nitrogen functional groups attached to an aromatic ring is 1. The maximum absolute atomic E-state index is 14.0. The molecule has 108 valence electrons. The van der Waals surface area contributed by atoms with Gasteiger partial charge < -0.3 is 20.4 Å². The lowest BCUT2D eigenvalue weighted by Crippen LogP contribution is -2.17. The van der Waals surface area contributed by atoms with Crippen molar-refractivity contribution in [1.29, 1.82) is 0 Å². The minimum atomic E-state index is -1.29. The van der Waals surface area contributed by atoms with Crippen LogP contribution in [0.2, 0.25) is 0 Å². The van der Waals surface area contributed by atoms with Crippen molar-refractivity contribution in [3.63, 3.8) is 0 Å². The molecule has 2 aromatic heterocycles. The molecule has 1 saturated heterocycles. The van der Waals surface area contributed by atoms with Crippen molar-refractivity contribution in [3.05, 3.63) is 6.33 Å². The van der Waals surface area contributed by atoms with E-state index in [1.807, 2.05) is 0 Å². The number of rotatable bonds is 3. The zero-order valence-corrected chi connectivity index (χ0v) is 10.3. The van der Waals surface area contributed by atoms with E-state index in [0.29, 0.717) is 0 Å². The average Bonchev–Trinajstić information content (AvgIpc) is 3.00. The van der Waals surface area contributed by atoms with Gasteiger partial charge in [-0.05, 0) is 0 Å². The minimum Gasteiger partial charge on any atom is -0.394 e. The predicted molar refractivity (Wildman–Crippen MR) is 65.1 cm³/mol. The van der Waals surface area contributed by atoms with Crippen LogP contribution in [0.1, 0.15) is 12.6 Å². The quantitative estimate of drug-likeness (QED) is 0.628. The summed E-state index contributed by atoms with van der Waals surface area (Å²) in [6, 6.07) is 0. The fourth-order valence-corrected chi connectivity index (χ4v) is 2.24. The lowest BCUT2D eigenvalue weighted by Gasteiger charge is -2.15. The van der Waals surface area contributed by atoms with Crippen molar-refractivity contribution in [2.45, 2.75) is 24.9 Å². The van der Waals surface area contributed by atoms with Crippen molar-refractivity contribution in [2.75, 3.05) is 12.3 Å². The van der Waals surface area contributed by atoms with E-state index in [0.717, 1.165) is 0 Å². The number of hydrogen-bond acceptors (Lipinski definition) is 8. The van der Waals surface area contributed by atoms with Crippen LogP contribution in [0.3, 0.4) is 0 Å². The highest BCUT2D eigenvalue weighted by molar-refractivity contribution is 5.77. The number of imidazole rings is 1. The fourth-order valence-electron chi connectivity index (χ4n) is 2.24. The summed E-state index contributed by atoms with van der Waals surface area (Å²) in [5, 5.41) is 9.04. The molecule has 0 spiro atoms. The third-order valence-electron chi connectivity index (χ3n) is 3.13. The molecule has 0 aliphatic carbocycles. The second-order valence-electron chi connectivity index (χ2n) is 4.41. The third kappa shape index (κ3) is 1.94. The topological polar surface area (TPSA) is 134 Å². The molecule has 10 heteroatoms. The normalized spacial score (nSPS) is 26.2. The van der Waals surface area contributed by atoms with Crippen LogP contribution in [0.4, 0.5) is 10.3 Å². The van der Waals surface area contributed by atoms with E-state index < -0.39 is 18.5 Å². The molecule has 20 heavy (non-hydrogen) atoms. The van der Waals surface area contributed by atoms with E-state index in [9.17, 15) is 4.39 Å². The van der Waals surface area contributed by atoms with Crippen LogP contribution in [-0.4, -0.2) is 43.5 Å². The summed E-state index contributed by atoms with van der Waals surface area (Å²) in [6.07, 6.45) is -1.34. The zero-order chi connectivity index (χ0) is 14.3. The maximum atomic E-state index is 14.0. The van der Waals surface area contributed by atoms with Gasteiger partial charge in [0.15, 0.2) is 17.4 Å². The van der Waals surface area contributed by atoms with Crippen LogP contribution in [0.25, 0.3) is 11.2 Å². The number of aromatic nitrogens is 4. The summed E-state index contributed by atoms with van der Waals surface area (Å²) < 4.78 is 20.8. The van der Waals surface area contributed by atoms with Gasteiger partial charge >= 0.3 is 0 Å². The number of nitrogens with zero attached hydrogens (tertiary/aromatic N) is 4. The van der Waals surface area contributed by atoms with Crippen molar-refractivity contribution >= 4 is 17.1 Å². The number of fused-ring (bicyclic) bond motifs is 1. The molecule has 9 nitrogen and oxygen atoms in total. The first-order valence-corrected chi connectivity index (χ1v) is 5.91. The van der Waals surface area contributed by atoms with Gasteiger partial charge in [-0.15, -0.1) is 0 Å². The van der Waals surface area contributed by atoms with Crippen molar-refractivity contribution in [1.82, 2.24) is 19.5 Å². The van der Waals surface area contributed by atoms with Crippen molar-refractivity contribution in [2.24, 2.45) is 5.90 Å². The third-order valence-corrected chi connectivity index (χ3v) is 3.13. The summed E-state index contributed by atoms with van der Waals surface area (Å²) >= 11 is 0. The van der Waals surface area contributed by atoms with Gasteiger partial charge in [-0.25, -0.2) is 9.37 Å². The van der Waals surface area contributed by atoms with Gasteiger partial charge in [0.2, 0.25) is 5.95 Å². The Bertz CT molecular complexity index is 635. The molecule has 1 aliphatic rings. The SMILES string of the molecule is NOc1nc(N)nc2c1ncn2[C@@H]1O[C@H](CO)C[C@@H]1F. The second kappa shape index (κ2) is 4.81. The molecule has 1 aliphatic heterocycles. The first-order valence-electron chi connectivity index (χ1n) is 5.91. The molecule has 0 amide bonds. The number of halogens is 1. The average molecular weight is 284 g/mol. The Morgan fingerprint density at radius 3 is 3.00 bits per heavy atom. The van der Waals surface area contributed by atoms with Crippen molar-refractivity contribution < 1.29 is 19.1 Å². The Kier molecular flexibility index (Phi) is 3.12. The largest absolute Gasteiger partial charge is 0.394 e. The lowest BCUT2D eigenvalue weighted by molar-refractivity contribution is -0.0351. The van der Waals surface area contributed by atoms with Gasteiger partial charge in [0, 0.05) is 6.42 Å². The highest BCUT2D eigenvalue weighted by Gasteiger charge is 2.37. The molecule has 2 aromatic rings. The number of nitrogens with two attached hydrogens (primary N) is 2. The Morgan fingerprint density at radius 1 is 1.55 bits per heavy atom. The maximum Gasteiger partial charge on any atom is 0.270 e. The van der Waals surface area contributed by atoms with E-state index in [4.69, 9.17) is 21.5 Å². The lowest BCUT2D eigenvalue weighted by atomic mass is 10.2. The van der Waals surface area contributed by atoms with E-state index in [2.05, 4.69) is 19.8 Å². The van der Waals surface area contributed by atoms with E-state index in [1.165, 1.54) is 10.9 Å². The zero-order valence-electron chi connectivity index (χ0n) is 10.3. The Morgan fingerprint density at radius 2 is 2.35 bits per heavy atom. The molecular formula is C10H13FN6O3. The molecule has 3 heterocycles.